The van der Waals surface area contributed by atoms with Crippen molar-refractivity contribution in [3.63, 3.8) is 0 Å². The summed E-state index contributed by atoms with van der Waals surface area (Å²) >= 11 is 1.83. The van der Waals surface area contributed by atoms with Crippen LogP contribution in [0.3, 0.4) is 0 Å². The summed E-state index contributed by atoms with van der Waals surface area (Å²) in [6, 6.07) is 14.0. The SMILES string of the molecule is C[C@H](NC1CCNCc2ccccc21)c1cccs1. The molecule has 2 atom stereocenters. The zero-order valence-electron chi connectivity index (χ0n) is 11.2. The maximum atomic E-state index is 3.79. The monoisotopic (exact) mass is 272 g/mol. The molecule has 1 aromatic carbocycles. The molecule has 0 saturated heterocycles. The first-order valence-corrected chi connectivity index (χ1v) is 7.80. The minimum absolute atomic E-state index is 0.413. The Morgan fingerprint density at radius 3 is 3.00 bits per heavy atom. The first kappa shape index (κ1) is 12.9. The molecule has 2 aromatic rings. The summed E-state index contributed by atoms with van der Waals surface area (Å²) in [5.74, 6) is 0. The summed E-state index contributed by atoms with van der Waals surface area (Å²) in [4.78, 5) is 1.41. The van der Waals surface area contributed by atoms with Gasteiger partial charge in [-0.1, -0.05) is 30.3 Å². The standard InChI is InChI=1S/C16H20N2S/c1-12(16-7-4-10-19-16)18-15-8-9-17-11-13-5-2-3-6-14(13)15/h2-7,10,12,15,17-18H,8-9,11H2,1H3/t12-,15?/m0/s1. The Bertz CT molecular complexity index is 521. The van der Waals surface area contributed by atoms with Crippen LogP contribution in [-0.2, 0) is 6.54 Å². The highest BCUT2D eigenvalue weighted by molar-refractivity contribution is 7.10. The lowest BCUT2D eigenvalue weighted by Gasteiger charge is -2.23. The second-order valence-corrected chi connectivity index (χ2v) is 6.10. The zero-order valence-corrected chi connectivity index (χ0v) is 12.0. The van der Waals surface area contributed by atoms with E-state index in [1.807, 2.05) is 11.3 Å². The van der Waals surface area contributed by atoms with E-state index in [0.29, 0.717) is 12.1 Å². The first-order valence-electron chi connectivity index (χ1n) is 6.92. The Labute approximate surface area is 118 Å². The van der Waals surface area contributed by atoms with Gasteiger partial charge in [-0.15, -0.1) is 11.3 Å². The van der Waals surface area contributed by atoms with E-state index < -0.39 is 0 Å². The summed E-state index contributed by atoms with van der Waals surface area (Å²) in [6.07, 6.45) is 1.15. The number of rotatable bonds is 3. The fourth-order valence-corrected chi connectivity index (χ4v) is 3.50. The molecule has 3 rings (SSSR count). The van der Waals surface area contributed by atoms with Crippen LogP contribution in [-0.4, -0.2) is 6.54 Å². The molecule has 1 aliphatic heterocycles. The number of thiophene rings is 1. The Morgan fingerprint density at radius 2 is 2.16 bits per heavy atom. The molecule has 0 bridgehead atoms. The van der Waals surface area contributed by atoms with Gasteiger partial charge in [0, 0.05) is 23.5 Å². The average molecular weight is 272 g/mol. The smallest absolute Gasteiger partial charge is 0.0391 e. The highest BCUT2D eigenvalue weighted by Crippen LogP contribution is 2.27. The molecule has 2 heterocycles. The average Bonchev–Trinajstić information content (AvgIpc) is 2.90. The summed E-state index contributed by atoms with van der Waals surface area (Å²) < 4.78 is 0. The van der Waals surface area contributed by atoms with Gasteiger partial charge in [0.15, 0.2) is 0 Å². The fraction of sp³-hybridized carbons (Fsp3) is 0.375. The van der Waals surface area contributed by atoms with Crippen LogP contribution in [0.25, 0.3) is 0 Å². The van der Waals surface area contributed by atoms with Gasteiger partial charge in [-0.25, -0.2) is 0 Å². The van der Waals surface area contributed by atoms with Gasteiger partial charge in [0.1, 0.15) is 0 Å². The molecule has 2 nitrogen and oxygen atoms in total. The summed E-state index contributed by atoms with van der Waals surface area (Å²) in [7, 11) is 0. The first-order chi connectivity index (χ1) is 9.34. The van der Waals surface area contributed by atoms with Crippen LogP contribution < -0.4 is 10.6 Å². The van der Waals surface area contributed by atoms with Crippen molar-refractivity contribution in [1.29, 1.82) is 0 Å². The maximum Gasteiger partial charge on any atom is 0.0391 e. The number of nitrogens with one attached hydrogen (secondary N) is 2. The Hall–Kier alpha value is -1.16. The molecular formula is C16H20N2S. The Kier molecular flexibility index (Phi) is 3.97. The van der Waals surface area contributed by atoms with E-state index in [-0.39, 0.29) is 0 Å². The van der Waals surface area contributed by atoms with Gasteiger partial charge in [-0.05, 0) is 42.5 Å². The van der Waals surface area contributed by atoms with Gasteiger partial charge >= 0.3 is 0 Å². The van der Waals surface area contributed by atoms with Gasteiger partial charge in [0.2, 0.25) is 0 Å². The van der Waals surface area contributed by atoms with E-state index in [2.05, 4.69) is 59.3 Å². The van der Waals surface area contributed by atoms with Gasteiger partial charge in [0.25, 0.3) is 0 Å². The lowest BCUT2D eigenvalue weighted by Crippen LogP contribution is -2.25. The predicted octanol–water partition coefficient (Wildman–Crippen LogP) is 3.63. The third kappa shape index (κ3) is 2.89. The van der Waals surface area contributed by atoms with E-state index in [4.69, 9.17) is 0 Å². The highest BCUT2D eigenvalue weighted by Gasteiger charge is 2.20. The van der Waals surface area contributed by atoms with Crippen molar-refractivity contribution in [2.24, 2.45) is 0 Å². The molecule has 1 aromatic heterocycles. The molecule has 1 aliphatic rings. The summed E-state index contributed by atoms with van der Waals surface area (Å²) in [6.45, 7) is 4.32. The van der Waals surface area contributed by atoms with Crippen molar-refractivity contribution >= 4 is 11.3 Å². The normalized spacial score (nSPS) is 20.6. The van der Waals surface area contributed by atoms with Crippen LogP contribution >= 0.6 is 11.3 Å². The molecule has 0 amide bonds. The molecule has 0 spiro atoms. The molecule has 1 unspecified atom stereocenters. The van der Waals surface area contributed by atoms with Gasteiger partial charge < -0.3 is 10.6 Å². The highest BCUT2D eigenvalue weighted by atomic mass is 32.1. The number of hydrogen-bond donors (Lipinski definition) is 2. The van der Waals surface area contributed by atoms with E-state index in [0.717, 1.165) is 19.5 Å². The van der Waals surface area contributed by atoms with E-state index in [9.17, 15) is 0 Å². The molecule has 0 saturated carbocycles. The fourth-order valence-electron chi connectivity index (χ4n) is 2.75. The summed E-state index contributed by atoms with van der Waals surface area (Å²) in [5.41, 5.74) is 2.88. The maximum absolute atomic E-state index is 3.79. The van der Waals surface area contributed by atoms with Gasteiger partial charge in [-0.2, -0.15) is 0 Å². The minimum Gasteiger partial charge on any atom is -0.313 e. The van der Waals surface area contributed by atoms with Crippen LogP contribution in [0.2, 0.25) is 0 Å². The third-order valence-corrected chi connectivity index (χ3v) is 4.83. The van der Waals surface area contributed by atoms with Crippen LogP contribution in [0.15, 0.2) is 41.8 Å². The van der Waals surface area contributed by atoms with Crippen molar-refractivity contribution in [2.45, 2.75) is 32.0 Å². The predicted molar refractivity (Wildman–Crippen MR) is 81.4 cm³/mol. The van der Waals surface area contributed by atoms with Crippen molar-refractivity contribution in [3.05, 3.63) is 57.8 Å². The topological polar surface area (TPSA) is 24.1 Å². The molecule has 0 aliphatic carbocycles. The van der Waals surface area contributed by atoms with Gasteiger partial charge in [0.05, 0.1) is 0 Å². The second kappa shape index (κ2) is 5.87. The molecular weight excluding hydrogens is 252 g/mol. The quantitative estimate of drug-likeness (QED) is 0.891. The van der Waals surface area contributed by atoms with E-state index in [1.165, 1.54) is 16.0 Å². The molecule has 3 heteroatoms. The lowest BCUT2D eigenvalue weighted by molar-refractivity contribution is 0.447. The van der Waals surface area contributed by atoms with Crippen LogP contribution in [0.4, 0.5) is 0 Å². The molecule has 0 fully saturated rings. The number of fused-ring (bicyclic) bond motifs is 1. The Balaban J connectivity index is 1.80. The van der Waals surface area contributed by atoms with Crippen LogP contribution in [0.5, 0.6) is 0 Å². The lowest BCUT2D eigenvalue weighted by atomic mass is 9.98. The molecule has 100 valence electrons. The molecule has 19 heavy (non-hydrogen) atoms. The second-order valence-electron chi connectivity index (χ2n) is 5.12. The van der Waals surface area contributed by atoms with Crippen molar-refractivity contribution in [3.8, 4) is 0 Å². The molecule has 0 radical (unpaired) electrons. The largest absolute Gasteiger partial charge is 0.313 e. The van der Waals surface area contributed by atoms with E-state index in [1.54, 1.807) is 0 Å². The number of hydrogen-bond acceptors (Lipinski definition) is 3. The van der Waals surface area contributed by atoms with E-state index >= 15 is 0 Å². The van der Waals surface area contributed by atoms with Crippen molar-refractivity contribution < 1.29 is 0 Å². The zero-order chi connectivity index (χ0) is 13.1. The minimum atomic E-state index is 0.413. The van der Waals surface area contributed by atoms with Crippen LogP contribution in [0.1, 0.15) is 41.4 Å². The number of benzene rings is 1. The van der Waals surface area contributed by atoms with Crippen molar-refractivity contribution in [2.75, 3.05) is 6.54 Å². The van der Waals surface area contributed by atoms with Crippen molar-refractivity contribution in [1.82, 2.24) is 10.6 Å². The Morgan fingerprint density at radius 1 is 1.26 bits per heavy atom. The summed E-state index contributed by atoms with van der Waals surface area (Å²) in [5, 5.41) is 9.44. The van der Waals surface area contributed by atoms with Gasteiger partial charge in [-0.3, -0.25) is 0 Å². The molecule has 2 N–H and O–H groups in total. The van der Waals surface area contributed by atoms with Crippen LogP contribution in [0, 0.1) is 0 Å². The third-order valence-electron chi connectivity index (χ3n) is 3.78.